The summed E-state index contributed by atoms with van der Waals surface area (Å²) in [6.07, 6.45) is 4.79. The normalized spacial score (nSPS) is 23.9. The first-order chi connectivity index (χ1) is 8.60. The largest absolute Gasteiger partial charge is 0.348 e. The first-order valence-electron chi connectivity index (χ1n) is 6.69. The number of hydrogen-bond acceptors (Lipinski definition) is 3. The van der Waals surface area contributed by atoms with Gasteiger partial charge in [0.25, 0.3) is 5.91 Å². The Morgan fingerprint density at radius 1 is 1.50 bits per heavy atom. The van der Waals surface area contributed by atoms with E-state index >= 15 is 0 Å². The highest BCUT2D eigenvalue weighted by atomic mass is 16.2. The molecule has 3 N–H and O–H groups in total. The summed E-state index contributed by atoms with van der Waals surface area (Å²) in [4.78, 5) is 12.1. The van der Waals surface area contributed by atoms with Crippen LogP contribution in [-0.4, -0.2) is 27.8 Å². The third-order valence-electron chi connectivity index (χ3n) is 3.63. The van der Waals surface area contributed by atoms with E-state index in [0.29, 0.717) is 11.7 Å². The smallest absolute Gasteiger partial charge is 0.269 e. The summed E-state index contributed by atoms with van der Waals surface area (Å²) < 4.78 is 1.66. The highest BCUT2D eigenvalue weighted by Crippen LogP contribution is 2.17. The summed E-state index contributed by atoms with van der Waals surface area (Å²) in [5.41, 5.74) is 7.45. The Labute approximate surface area is 108 Å². The van der Waals surface area contributed by atoms with Crippen LogP contribution in [0.3, 0.4) is 0 Å². The minimum Gasteiger partial charge on any atom is -0.348 e. The van der Waals surface area contributed by atoms with Crippen molar-refractivity contribution >= 4 is 5.91 Å². The van der Waals surface area contributed by atoms with E-state index in [9.17, 15) is 4.79 Å². The molecule has 18 heavy (non-hydrogen) atoms. The standard InChI is InChI=1S/C13H22N4O/c1-3-10-8-12(17(2)16-10)13(18)15-11-6-4-9(14)5-7-11/h8-9,11H,3-7,14H2,1-2H3,(H,15,18)/t9-,11-. The maximum atomic E-state index is 12.1. The van der Waals surface area contributed by atoms with Gasteiger partial charge < -0.3 is 11.1 Å². The van der Waals surface area contributed by atoms with E-state index in [0.717, 1.165) is 37.8 Å². The Balaban J connectivity index is 1.96. The second kappa shape index (κ2) is 5.52. The van der Waals surface area contributed by atoms with E-state index in [2.05, 4.69) is 10.4 Å². The second-order valence-electron chi connectivity index (χ2n) is 5.08. The van der Waals surface area contributed by atoms with Crippen molar-refractivity contribution in [3.63, 3.8) is 0 Å². The quantitative estimate of drug-likeness (QED) is 0.840. The lowest BCUT2D eigenvalue weighted by molar-refractivity contribution is 0.0916. The SMILES string of the molecule is CCc1cc(C(=O)N[C@H]2CC[C@H](N)CC2)n(C)n1. The average molecular weight is 250 g/mol. The van der Waals surface area contributed by atoms with E-state index in [-0.39, 0.29) is 11.9 Å². The van der Waals surface area contributed by atoms with Crippen LogP contribution in [0.2, 0.25) is 0 Å². The topological polar surface area (TPSA) is 72.9 Å². The number of nitrogens with zero attached hydrogens (tertiary/aromatic N) is 2. The monoisotopic (exact) mass is 250 g/mol. The third-order valence-corrected chi connectivity index (χ3v) is 3.63. The number of nitrogens with two attached hydrogens (primary N) is 1. The average Bonchev–Trinajstić information content (AvgIpc) is 2.73. The fraction of sp³-hybridized carbons (Fsp3) is 0.692. The van der Waals surface area contributed by atoms with Gasteiger partial charge in [0.15, 0.2) is 0 Å². The molecule has 0 aromatic carbocycles. The molecule has 1 aromatic heterocycles. The van der Waals surface area contributed by atoms with Crippen LogP contribution in [-0.2, 0) is 13.5 Å². The molecule has 1 aromatic rings. The van der Waals surface area contributed by atoms with E-state index in [1.165, 1.54) is 0 Å². The Morgan fingerprint density at radius 2 is 2.17 bits per heavy atom. The van der Waals surface area contributed by atoms with Gasteiger partial charge in [-0.15, -0.1) is 0 Å². The maximum absolute atomic E-state index is 12.1. The number of hydrogen-bond donors (Lipinski definition) is 2. The van der Waals surface area contributed by atoms with Gasteiger partial charge in [-0.1, -0.05) is 6.92 Å². The summed E-state index contributed by atoms with van der Waals surface area (Å²) in [7, 11) is 1.81. The van der Waals surface area contributed by atoms with E-state index in [1.807, 2.05) is 20.0 Å². The van der Waals surface area contributed by atoms with Crippen molar-refractivity contribution in [2.45, 2.75) is 51.1 Å². The molecule has 100 valence electrons. The Hall–Kier alpha value is -1.36. The Bertz CT molecular complexity index is 419. The number of carbonyl (C=O) groups excluding carboxylic acids is 1. The molecule has 1 aliphatic carbocycles. The molecule has 1 aliphatic rings. The van der Waals surface area contributed by atoms with Crippen molar-refractivity contribution in [3.05, 3.63) is 17.5 Å². The summed E-state index contributed by atoms with van der Waals surface area (Å²) >= 11 is 0. The third kappa shape index (κ3) is 2.90. The van der Waals surface area contributed by atoms with Gasteiger partial charge in [-0.2, -0.15) is 5.10 Å². The van der Waals surface area contributed by atoms with Crippen molar-refractivity contribution in [3.8, 4) is 0 Å². The molecule has 0 radical (unpaired) electrons. The number of aromatic nitrogens is 2. The number of carbonyl (C=O) groups is 1. The first-order valence-corrected chi connectivity index (χ1v) is 6.69. The van der Waals surface area contributed by atoms with Crippen molar-refractivity contribution in [2.75, 3.05) is 0 Å². The molecular formula is C13H22N4O. The minimum atomic E-state index is -0.0230. The lowest BCUT2D eigenvalue weighted by Gasteiger charge is -2.26. The predicted molar refractivity (Wildman–Crippen MR) is 70.3 cm³/mol. The van der Waals surface area contributed by atoms with Gasteiger partial charge in [0, 0.05) is 19.1 Å². The molecule has 5 heteroatoms. The highest BCUT2D eigenvalue weighted by molar-refractivity contribution is 5.92. The van der Waals surface area contributed by atoms with Gasteiger partial charge in [0.1, 0.15) is 5.69 Å². The zero-order chi connectivity index (χ0) is 13.1. The van der Waals surface area contributed by atoms with E-state index in [1.54, 1.807) is 4.68 Å². The zero-order valence-corrected chi connectivity index (χ0v) is 11.1. The summed E-state index contributed by atoms with van der Waals surface area (Å²) in [6, 6.07) is 2.43. The van der Waals surface area contributed by atoms with Gasteiger partial charge in [-0.3, -0.25) is 9.48 Å². The predicted octanol–water partition coefficient (Wildman–Crippen LogP) is 0.982. The molecule has 2 rings (SSSR count). The molecule has 1 saturated carbocycles. The Morgan fingerprint density at radius 3 is 2.72 bits per heavy atom. The van der Waals surface area contributed by atoms with Crippen LogP contribution in [0.5, 0.6) is 0 Å². The van der Waals surface area contributed by atoms with Gasteiger partial charge in [-0.25, -0.2) is 0 Å². The minimum absolute atomic E-state index is 0.0230. The van der Waals surface area contributed by atoms with Gasteiger partial charge in [0.2, 0.25) is 0 Å². The molecule has 0 bridgehead atoms. The lowest BCUT2D eigenvalue weighted by atomic mass is 9.92. The van der Waals surface area contributed by atoms with Crippen LogP contribution in [0, 0.1) is 0 Å². The molecule has 0 saturated heterocycles. The lowest BCUT2D eigenvalue weighted by Crippen LogP contribution is -2.41. The van der Waals surface area contributed by atoms with E-state index in [4.69, 9.17) is 5.73 Å². The van der Waals surface area contributed by atoms with Crippen molar-refractivity contribution in [2.24, 2.45) is 12.8 Å². The molecule has 5 nitrogen and oxygen atoms in total. The molecule has 0 atom stereocenters. The molecule has 0 spiro atoms. The van der Waals surface area contributed by atoms with Crippen molar-refractivity contribution < 1.29 is 4.79 Å². The molecule has 1 heterocycles. The van der Waals surface area contributed by atoms with E-state index < -0.39 is 0 Å². The molecule has 1 fully saturated rings. The number of aryl methyl sites for hydroxylation is 2. The van der Waals surface area contributed by atoms with Crippen molar-refractivity contribution in [1.29, 1.82) is 0 Å². The van der Waals surface area contributed by atoms with Crippen molar-refractivity contribution in [1.82, 2.24) is 15.1 Å². The van der Waals surface area contributed by atoms with Crippen LogP contribution >= 0.6 is 0 Å². The Kier molecular flexibility index (Phi) is 4.01. The summed E-state index contributed by atoms with van der Waals surface area (Å²) in [5, 5.41) is 7.37. The second-order valence-corrected chi connectivity index (χ2v) is 5.08. The summed E-state index contributed by atoms with van der Waals surface area (Å²) in [6.45, 7) is 2.03. The molecule has 0 unspecified atom stereocenters. The fourth-order valence-corrected chi connectivity index (χ4v) is 2.43. The van der Waals surface area contributed by atoms with Gasteiger partial charge in [0.05, 0.1) is 5.69 Å². The van der Waals surface area contributed by atoms with Gasteiger partial charge >= 0.3 is 0 Å². The fourth-order valence-electron chi connectivity index (χ4n) is 2.43. The van der Waals surface area contributed by atoms with Crippen LogP contribution in [0.4, 0.5) is 0 Å². The number of nitrogens with one attached hydrogen (secondary N) is 1. The zero-order valence-electron chi connectivity index (χ0n) is 11.1. The molecular weight excluding hydrogens is 228 g/mol. The van der Waals surface area contributed by atoms with Crippen LogP contribution in [0.1, 0.15) is 48.8 Å². The number of rotatable bonds is 3. The highest BCUT2D eigenvalue weighted by Gasteiger charge is 2.22. The molecule has 1 amide bonds. The first kappa shape index (κ1) is 13.1. The van der Waals surface area contributed by atoms with Crippen LogP contribution < -0.4 is 11.1 Å². The van der Waals surface area contributed by atoms with Crippen LogP contribution in [0.15, 0.2) is 6.07 Å². The summed E-state index contributed by atoms with van der Waals surface area (Å²) in [5.74, 6) is -0.0230. The van der Waals surface area contributed by atoms with Crippen LogP contribution in [0.25, 0.3) is 0 Å². The molecule has 0 aliphatic heterocycles. The van der Waals surface area contributed by atoms with Gasteiger partial charge in [-0.05, 0) is 38.2 Å². The number of amides is 1. The maximum Gasteiger partial charge on any atom is 0.269 e.